The number of phenols is 4. The summed E-state index contributed by atoms with van der Waals surface area (Å²) in [5, 5.41) is 45.8. The van der Waals surface area contributed by atoms with Gasteiger partial charge in [-0.15, -0.1) is 41.3 Å². The Morgan fingerprint density at radius 3 is 0.609 bits per heavy atom. The second-order valence-corrected chi connectivity index (χ2v) is 16.1. The number of aromatic hydroxyl groups is 4. The van der Waals surface area contributed by atoms with E-state index in [0.29, 0.717) is 35.1 Å². The van der Waals surface area contributed by atoms with Crippen LogP contribution >= 0.6 is 17.9 Å². The Labute approximate surface area is 421 Å². The van der Waals surface area contributed by atoms with Gasteiger partial charge in [0, 0.05) is 42.1 Å². The van der Waals surface area contributed by atoms with Crippen molar-refractivity contribution in [1.82, 2.24) is 0 Å². The minimum absolute atomic E-state index is 0. The zero-order valence-corrected chi connectivity index (χ0v) is 47.5. The molecule has 0 spiro atoms. The van der Waals surface area contributed by atoms with E-state index in [0.717, 1.165) is 55.9 Å². The van der Waals surface area contributed by atoms with E-state index < -0.39 is 0 Å². The Bertz CT molecular complexity index is 1850. The first kappa shape index (κ1) is 64.6. The van der Waals surface area contributed by atoms with Crippen molar-refractivity contribution in [2.45, 2.75) is 123 Å². The van der Waals surface area contributed by atoms with Crippen LogP contribution in [0.2, 0.25) is 0 Å². The van der Waals surface area contributed by atoms with Crippen LogP contribution in [0.1, 0.15) is 94.5 Å². The molecule has 0 radical (unpaired) electrons. The molecule has 0 aliphatic carbocycles. The molecule has 0 heterocycles. The van der Waals surface area contributed by atoms with Gasteiger partial charge in [0.2, 0.25) is 0 Å². The van der Waals surface area contributed by atoms with Crippen molar-refractivity contribution in [2.24, 2.45) is 0 Å². The Morgan fingerprint density at radius 1 is 0.328 bits per heavy atom. The molecule has 0 aromatic heterocycles. The molecule has 0 bridgehead atoms. The molecule has 0 aliphatic rings. The maximum absolute atomic E-state index is 9.21. The number of para-hydroxylation sites is 4. The quantitative estimate of drug-likeness (QED) is 0.104. The summed E-state index contributed by atoms with van der Waals surface area (Å²) < 4.78 is 0. The van der Waals surface area contributed by atoms with E-state index in [1.165, 1.54) is 22.3 Å². The van der Waals surface area contributed by atoms with Crippen molar-refractivity contribution in [1.29, 1.82) is 0 Å². The molecule has 6 rings (SSSR count). The van der Waals surface area contributed by atoms with Gasteiger partial charge in [-0.3, -0.25) is 0 Å². The normalized spacial score (nSPS) is 9.38. The predicted octanol–water partition coefficient (Wildman–Crippen LogP) is 16.1. The van der Waals surface area contributed by atoms with E-state index in [1.807, 2.05) is 128 Å². The van der Waals surface area contributed by atoms with Gasteiger partial charge in [0.05, 0.1) is 0 Å². The van der Waals surface area contributed by atoms with Gasteiger partial charge in [-0.1, -0.05) is 159 Å². The molecule has 10 heteroatoms. The Morgan fingerprint density at radius 2 is 0.484 bits per heavy atom. The number of hydrogen-bond donors (Lipinski definition) is 4. The van der Waals surface area contributed by atoms with E-state index in [9.17, 15) is 20.4 Å². The van der Waals surface area contributed by atoms with E-state index in [4.69, 9.17) is 0 Å². The number of benzene rings is 6. The van der Waals surface area contributed by atoms with Gasteiger partial charge in [0.15, 0.2) is 0 Å². The van der Waals surface area contributed by atoms with E-state index in [-0.39, 0.29) is 42.1 Å². The minimum Gasteiger partial charge on any atom is -0.682 e. The van der Waals surface area contributed by atoms with E-state index in [1.54, 1.807) is 0 Å². The second-order valence-electron chi connectivity index (χ2n) is 16.1. The molecule has 4 N–H and O–H groups in total. The third-order valence-electron chi connectivity index (χ3n) is 8.99. The summed E-state index contributed by atoms with van der Waals surface area (Å²) in [7, 11) is 4.67. The molecule has 6 nitrogen and oxygen atoms in total. The van der Waals surface area contributed by atoms with Crippen molar-refractivity contribution in [2.75, 3.05) is 0 Å². The fraction of sp³-hybridized carbons (Fsp3) is 0.333. The summed E-state index contributed by atoms with van der Waals surface area (Å²) in [4.78, 5) is 0. The van der Waals surface area contributed by atoms with Gasteiger partial charge in [-0.25, -0.2) is 0 Å². The van der Waals surface area contributed by atoms with Gasteiger partial charge in [-0.05, 0) is 128 Å². The van der Waals surface area contributed by atoms with E-state index >= 15 is 0 Å². The minimum atomic E-state index is 0. The molecule has 0 fully saturated rings. The van der Waals surface area contributed by atoms with Crippen LogP contribution in [0.15, 0.2) is 109 Å². The van der Waals surface area contributed by atoms with Gasteiger partial charge < -0.3 is 31.1 Å². The standard InChI is InChI=1S/2C11H16N.4C8H10O.2Mo.H4P2/c2*1-8(2)12-11-6-9(3)5-10(4)7-11;4*1-6-4-3-5-7(2)8(6)9;;;1-2/h2*5-8H,1-4H3;4*3-5,9H,1-2H3;;;1-2H2/q2*-1;;;;;;;. The van der Waals surface area contributed by atoms with Crippen molar-refractivity contribution >= 4 is 29.2 Å². The third-order valence-corrected chi connectivity index (χ3v) is 8.99. The van der Waals surface area contributed by atoms with Crippen LogP contribution in [0, 0.1) is 83.1 Å². The van der Waals surface area contributed by atoms with Crippen LogP contribution < -0.4 is 0 Å². The first-order valence-corrected chi connectivity index (χ1v) is 23.6. The molecule has 0 saturated carbocycles. The van der Waals surface area contributed by atoms with Crippen LogP contribution in [0.5, 0.6) is 23.0 Å². The Hall–Kier alpha value is -3.64. The zero-order valence-electron chi connectivity index (χ0n) is 41.2. The first-order valence-electron chi connectivity index (χ1n) is 20.9. The number of nitrogens with zero attached hydrogens (tertiary/aromatic N) is 2. The van der Waals surface area contributed by atoms with Crippen LogP contribution in [0.25, 0.3) is 10.6 Å². The van der Waals surface area contributed by atoms with Crippen molar-refractivity contribution in [3.63, 3.8) is 0 Å². The Kier molecular flexibility index (Phi) is 35.0. The van der Waals surface area contributed by atoms with Gasteiger partial charge >= 0.3 is 0 Å². The molecule has 6 aromatic rings. The fourth-order valence-electron chi connectivity index (χ4n) is 5.87. The third kappa shape index (κ3) is 27.0. The Balaban J connectivity index is -0.000000691. The molecule has 2 atom stereocenters. The smallest absolute Gasteiger partial charge is 0.121 e. The SMILES string of the molecule is Cc1cc(C)cc([N-]C(C)C)c1.Cc1cc(C)cc([N-]C(C)C)c1.Cc1cccc(C)c1O.Cc1cccc(C)c1O.Cc1cccc(C)c1O.Cc1cccc(C)c1O.PP.[Mo].[Mo]. The monoisotopic (exact) mass is 1070 g/mol. The summed E-state index contributed by atoms with van der Waals surface area (Å²) >= 11 is 0. The topological polar surface area (TPSA) is 109 Å². The van der Waals surface area contributed by atoms with Crippen LogP contribution in [-0.2, 0) is 42.1 Å². The van der Waals surface area contributed by atoms with Gasteiger partial charge in [0.1, 0.15) is 23.0 Å². The molecular formula is C54H76Mo2N2O4P2-2. The summed E-state index contributed by atoms with van der Waals surface area (Å²) in [6.45, 7) is 31.9. The number of rotatable bonds is 4. The van der Waals surface area contributed by atoms with Crippen LogP contribution in [0.3, 0.4) is 0 Å². The maximum Gasteiger partial charge on any atom is 0.121 e. The number of hydrogen-bond acceptors (Lipinski definition) is 4. The maximum atomic E-state index is 9.21. The molecular weight excluding hydrogens is 994 g/mol. The first-order chi connectivity index (χ1) is 29.0. The second kappa shape index (κ2) is 34.7. The summed E-state index contributed by atoms with van der Waals surface area (Å²) in [5.74, 6) is 1.66. The average Bonchev–Trinajstić information content (AvgIpc) is 3.18. The summed E-state index contributed by atoms with van der Waals surface area (Å²) in [5.41, 5.74) is 14.9. The van der Waals surface area contributed by atoms with E-state index in [2.05, 4.69) is 120 Å². The molecule has 0 saturated heterocycles. The summed E-state index contributed by atoms with van der Waals surface area (Å²) in [6.07, 6.45) is 0. The van der Waals surface area contributed by atoms with Crippen molar-refractivity contribution < 1.29 is 62.6 Å². The molecule has 64 heavy (non-hydrogen) atoms. The van der Waals surface area contributed by atoms with Gasteiger partial charge in [-0.2, -0.15) is 0 Å². The zero-order chi connectivity index (χ0) is 47.7. The predicted molar refractivity (Wildman–Crippen MR) is 278 cm³/mol. The molecule has 2 unspecified atom stereocenters. The van der Waals surface area contributed by atoms with Crippen LogP contribution in [0.4, 0.5) is 11.4 Å². The molecule has 350 valence electrons. The molecule has 0 aliphatic heterocycles. The van der Waals surface area contributed by atoms with Gasteiger partial charge in [0.25, 0.3) is 0 Å². The fourth-order valence-corrected chi connectivity index (χ4v) is 5.87. The number of phenolic OH excluding ortho intramolecular Hbond substituents is 4. The number of aryl methyl sites for hydroxylation is 12. The molecule has 0 amide bonds. The van der Waals surface area contributed by atoms with Crippen LogP contribution in [-0.4, -0.2) is 32.5 Å². The summed E-state index contributed by atoms with van der Waals surface area (Å²) in [6, 6.07) is 36.4. The van der Waals surface area contributed by atoms with Crippen molar-refractivity contribution in [3.8, 4) is 23.0 Å². The average molecular weight is 1070 g/mol. The van der Waals surface area contributed by atoms with Crippen molar-refractivity contribution in [3.05, 3.63) is 187 Å². The largest absolute Gasteiger partial charge is 0.682 e. The molecule has 6 aromatic carbocycles.